The van der Waals surface area contributed by atoms with Gasteiger partial charge >= 0.3 is 0 Å². The molecule has 0 bridgehead atoms. The van der Waals surface area contributed by atoms with Crippen molar-refractivity contribution in [1.82, 2.24) is 0 Å². The molecule has 2 nitrogen and oxygen atoms in total. The van der Waals surface area contributed by atoms with E-state index in [9.17, 15) is 0 Å². The van der Waals surface area contributed by atoms with Gasteiger partial charge in [-0.25, -0.2) is 0 Å². The van der Waals surface area contributed by atoms with Gasteiger partial charge < -0.3 is 10.6 Å². The van der Waals surface area contributed by atoms with Crippen LogP contribution in [0.3, 0.4) is 0 Å². The molecular weight excluding hydrogens is 208 g/mol. The minimum Gasteiger partial charge on any atom is -0.369 e. The molecule has 2 heteroatoms. The van der Waals surface area contributed by atoms with Gasteiger partial charge in [0.25, 0.3) is 0 Å². The Morgan fingerprint density at radius 2 is 2.00 bits per heavy atom. The van der Waals surface area contributed by atoms with E-state index >= 15 is 0 Å². The quantitative estimate of drug-likeness (QED) is 0.861. The fourth-order valence-electron chi connectivity index (χ4n) is 2.75. The predicted octanol–water partition coefficient (Wildman–Crippen LogP) is 3.48. The first-order valence-electron chi connectivity index (χ1n) is 6.88. The van der Waals surface area contributed by atoms with Crippen LogP contribution in [0.2, 0.25) is 0 Å². The summed E-state index contributed by atoms with van der Waals surface area (Å²) < 4.78 is 0. The molecule has 94 valence electrons. The van der Waals surface area contributed by atoms with Crippen LogP contribution in [0.25, 0.3) is 0 Å². The molecule has 1 aromatic carbocycles. The molecule has 1 heterocycles. The van der Waals surface area contributed by atoms with Gasteiger partial charge in [0, 0.05) is 24.3 Å². The van der Waals surface area contributed by atoms with E-state index in [1.165, 1.54) is 37.1 Å². The van der Waals surface area contributed by atoms with Gasteiger partial charge in [-0.15, -0.1) is 0 Å². The van der Waals surface area contributed by atoms with E-state index in [1.54, 1.807) is 0 Å². The van der Waals surface area contributed by atoms with Crippen molar-refractivity contribution >= 4 is 5.69 Å². The summed E-state index contributed by atoms with van der Waals surface area (Å²) in [7, 11) is 0. The summed E-state index contributed by atoms with van der Waals surface area (Å²) in [5, 5.41) is 0. The molecule has 0 aliphatic carbocycles. The van der Waals surface area contributed by atoms with Crippen LogP contribution < -0.4 is 10.6 Å². The standard InChI is InChI=1S/C15H24N2/c1-3-13-6-5-11-17(13)14-9-7-12(8-10-14)15(16)4-2/h7-10,13,15H,3-6,11,16H2,1-2H3/t13?,15-/m0/s1. The monoisotopic (exact) mass is 232 g/mol. The lowest BCUT2D eigenvalue weighted by atomic mass is 10.0. The number of nitrogens with zero attached hydrogens (tertiary/aromatic N) is 1. The van der Waals surface area contributed by atoms with Crippen LogP contribution in [0.5, 0.6) is 0 Å². The fraction of sp³-hybridized carbons (Fsp3) is 0.600. The topological polar surface area (TPSA) is 29.3 Å². The zero-order chi connectivity index (χ0) is 12.3. The van der Waals surface area contributed by atoms with Gasteiger partial charge in [0.2, 0.25) is 0 Å². The smallest absolute Gasteiger partial charge is 0.0368 e. The van der Waals surface area contributed by atoms with Gasteiger partial charge in [0.05, 0.1) is 0 Å². The van der Waals surface area contributed by atoms with Crippen molar-refractivity contribution in [2.75, 3.05) is 11.4 Å². The van der Waals surface area contributed by atoms with Crippen molar-refractivity contribution in [2.24, 2.45) is 5.73 Å². The average molecular weight is 232 g/mol. The number of nitrogens with two attached hydrogens (primary N) is 1. The van der Waals surface area contributed by atoms with Crippen molar-refractivity contribution in [3.05, 3.63) is 29.8 Å². The Morgan fingerprint density at radius 3 is 2.59 bits per heavy atom. The zero-order valence-corrected chi connectivity index (χ0v) is 11.0. The van der Waals surface area contributed by atoms with E-state index in [0.29, 0.717) is 0 Å². The van der Waals surface area contributed by atoms with Crippen LogP contribution in [0.4, 0.5) is 5.69 Å². The molecule has 17 heavy (non-hydrogen) atoms. The third kappa shape index (κ3) is 2.63. The molecule has 1 fully saturated rings. The minimum absolute atomic E-state index is 0.185. The Labute approximate surface area is 105 Å². The third-order valence-corrected chi connectivity index (χ3v) is 3.94. The van der Waals surface area contributed by atoms with E-state index in [0.717, 1.165) is 12.5 Å². The van der Waals surface area contributed by atoms with Crippen molar-refractivity contribution in [3.63, 3.8) is 0 Å². The van der Waals surface area contributed by atoms with Gasteiger partial charge in [0.1, 0.15) is 0 Å². The Morgan fingerprint density at radius 1 is 1.29 bits per heavy atom. The molecular formula is C15H24N2. The molecule has 2 rings (SSSR count). The third-order valence-electron chi connectivity index (χ3n) is 3.94. The molecule has 0 aromatic heterocycles. The predicted molar refractivity (Wildman–Crippen MR) is 74.3 cm³/mol. The highest BCUT2D eigenvalue weighted by Gasteiger charge is 2.22. The lowest BCUT2D eigenvalue weighted by molar-refractivity contribution is 0.645. The van der Waals surface area contributed by atoms with Crippen molar-refractivity contribution < 1.29 is 0 Å². The highest BCUT2D eigenvalue weighted by Crippen LogP contribution is 2.28. The molecule has 1 aromatic rings. The Hall–Kier alpha value is -1.02. The van der Waals surface area contributed by atoms with Crippen molar-refractivity contribution in [1.29, 1.82) is 0 Å². The summed E-state index contributed by atoms with van der Waals surface area (Å²) in [4.78, 5) is 2.54. The van der Waals surface area contributed by atoms with E-state index in [-0.39, 0.29) is 6.04 Å². The van der Waals surface area contributed by atoms with Crippen LogP contribution >= 0.6 is 0 Å². The molecule has 0 spiro atoms. The highest BCUT2D eigenvalue weighted by molar-refractivity contribution is 5.49. The van der Waals surface area contributed by atoms with Crippen LogP contribution in [-0.4, -0.2) is 12.6 Å². The summed E-state index contributed by atoms with van der Waals surface area (Å²) in [6, 6.07) is 9.77. The molecule has 1 aliphatic rings. The molecule has 1 saturated heterocycles. The van der Waals surface area contributed by atoms with Crippen LogP contribution in [-0.2, 0) is 0 Å². The van der Waals surface area contributed by atoms with E-state index in [2.05, 4.69) is 43.0 Å². The maximum atomic E-state index is 6.04. The van der Waals surface area contributed by atoms with Gasteiger partial charge in [-0.2, -0.15) is 0 Å². The molecule has 1 unspecified atom stereocenters. The van der Waals surface area contributed by atoms with E-state index < -0.39 is 0 Å². The highest BCUT2D eigenvalue weighted by atomic mass is 15.2. The number of rotatable bonds is 4. The van der Waals surface area contributed by atoms with Gasteiger partial charge in [-0.3, -0.25) is 0 Å². The number of benzene rings is 1. The maximum Gasteiger partial charge on any atom is 0.0368 e. The van der Waals surface area contributed by atoms with Gasteiger partial charge in [0.15, 0.2) is 0 Å². The van der Waals surface area contributed by atoms with Gasteiger partial charge in [-0.05, 0) is 43.4 Å². The van der Waals surface area contributed by atoms with Crippen molar-refractivity contribution in [3.8, 4) is 0 Å². The Bertz CT molecular complexity index is 344. The van der Waals surface area contributed by atoms with E-state index in [1.807, 2.05) is 0 Å². The van der Waals surface area contributed by atoms with Crippen molar-refractivity contribution in [2.45, 2.75) is 51.6 Å². The first-order valence-corrected chi connectivity index (χ1v) is 6.88. The van der Waals surface area contributed by atoms with Gasteiger partial charge in [-0.1, -0.05) is 26.0 Å². The lowest BCUT2D eigenvalue weighted by Crippen LogP contribution is -2.28. The summed E-state index contributed by atoms with van der Waals surface area (Å²) in [6.45, 7) is 5.62. The molecule has 2 atom stereocenters. The SMILES string of the molecule is CCC1CCCN1c1ccc([C@@H](N)CC)cc1. The van der Waals surface area contributed by atoms with E-state index in [4.69, 9.17) is 5.73 Å². The number of anilines is 1. The van der Waals surface area contributed by atoms with Crippen LogP contribution in [0.1, 0.15) is 51.1 Å². The number of hydrogen-bond donors (Lipinski definition) is 1. The molecule has 2 N–H and O–H groups in total. The molecule has 0 saturated carbocycles. The normalized spacial score (nSPS) is 21.8. The summed E-state index contributed by atoms with van der Waals surface area (Å²) in [5.74, 6) is 0. The summed E-state index contributed by atoms with van der Waals surface area (Å²) >= 11 is 0. The average Bonchev–Trinajstić information content (AvgIpc) is 2.86. The van der Waals surface area contributed by atoms with Crippen LogP contribution in [0, 0.1) is 0 Å². The second kappa shape index (κ2) is 5.54. The largest absolute Gasteiger partial charge is 0.369 e. The summed E-state index contributed by atoms with van der Waals surface area (Å²) in [6.07, 6.45) is 4.92. The maximum absolute atomic E-state index is 6.04. The Kier molecular flexibility index (Phi) is 4.06. The minimum atomic E-state index is 0.185. The second-order valence-corrected chi connectivity index (χ2v) is 5.00. The first-order chi connectivity index (χ1) is 8.26. The zero-order valence-electron chi connectivity index (χ0n) is 11.0. The van der Waals surface area contributed by atoms with Crippen LogP contribution in [0.15, 0.2) is 24.3 Å². The second-order valence-electron chi connectivity index (χ2n) is 5.00. The molecule has 1 aliphatic heterocycles. The molecule has 0 amide bonds. The molecule has 0 radical (unpaired) electrons. The lowest BCUT2D eigenvalue weighted by Gasteiger charge is -2.26. The number of hydrogen-bond acceptors (Lipinski definition) is 2. The Balaban J connectivity index is 2.12. The summed E-state index contributed by atoms with van der Waals surface area (Å²) in [5.41, 5.74) is 8.65. The first kappa shape index (κ1) is 12.4. The fourth-order valence-corrected chi connectivity index (χ4v) is 2.75.